The maximum atomic E-state index is 10.3. The maximum absolute atomic E-state index is 10.3. The summed E-state index contributed by atoms with van der Waals surface area (Å²) in [6.45, 7) is 4.52. The molecule has 1 saturated heterocycles. The van der Waals surface area contributed by atoms with Gasteiger partial charge in [-0.05, 0) is 71.2 Å². The fourth-order valence-electron chi connectivity index (χ4n) is 2.31. The molecule has 0 aromatic rings. The van der Waals surface area contributed by atoms with Crippen LogP contribution >= 0.6 is 0 Å². The molecule has 17 heavy (non-hydrogen) atoms. The van der Waals surface area contributed by atoms with Crippen LogP contribution in [-0.2, 0) is 4.79 Å². The highest BCUT2D eigenvalue weighted by Gasteiger charge is 2.15. The Morgan fingerprint density at radius 2 is 2.00 bits per heavy atom. The van der Waals surface area contributed by atoms with E-state index in [4.69, 9.17) is 5.11 Å². The molecule has 0 bridgehead atoms. The Hall–Kier alpha value is -0.610. The molecule has 1 rings (SSSR count). The second-order valence-corrected chi connectivity index (χ2v) is 5.14. The highest BCUT2D eigenvalue weighted by Crippen LogP contribution is 2.18. The van der Waals surface area contributed by atoms with Crippen molar-refractivity contribution in [1.82, 2.24) is 10.2 Å². The van der Waals surface area contributed by atoms with Crippen molar-refractivity contribution in [1.29, 1.82) is 0 Å². The van der Waals surface area contributed by atoms with E-state index in [1.54, 1.807) is 0 Å². The quantitative estimate of drug-likeness (QED) is 0.634. The predicted octanol–water partition coefficient (Wildman–Crippen LogP) is 1.56. The molecule has 0 aliphatic carbocycles. The van der Waals surface area contributed by atoms with Crippen LogP contribution in [0.15, 0.2) is 0 Å². The Balaban J connectivity index is 1.85. The van der Waals surface area contributed by atoms with Gasteiger partial charge in [0.25, 0.3) is 0 Å². The SMILES string of the molecule is CN1CCC(CCNCCCCC(=O)O)CC1. The highest BCUT2D eigenvalue weighted by molar-refractivity contribution is 5.66. The van der Waals surface area contributed by atoms with E-state index in [9.17, 15) is 4.79 Å². The Bertz CT molecular complexity index is 213. The van der Waals surface area contributed by atoms with Crippen LogP contribution in [0.2, 0.25) is 0 Å². The zero-order valence-electron chi connectivity index (χ0n) is 11.0. The molecule has 0 saturated carbocycles. The van der Waals surface area contributed by atoms with Gasteiger partial charge in [0, 0.05) is 6.42 Å². The number of likely N-dealkylation sites (tertiary alicyclic amines) is 1. The molecule has 1 aliphatic heterocycles. The molecule has 0 aromatic heterocycles. The lowest BCUT2D eigenvalue weighted by atomic mass is 9.94. The number of carbonyl (C=O) groups is 1. The van der Waals surface area contributed by atoms with Crippen LogP contribution in [0.25, 0.3) is 0 Å². The van der Waals surface area contributed by atoms with E-state index in [-0.39, 0.29) is 0 Å². The van der Waals surface area contributed by atoms with Crippen molar-refractivity contribution < 1.29 is 9.90 Å². The largest absolute Gasteiger partial charge is 0.481 e. The highest BCUT2D eigenvalue weighted by atomic mass is 16.4. The van der Waals surface area contributed by atoms with Gasteiger partial charge in [0.15, 0.2) is 0 Å². The lowest BCUT2D eigenvalue weighted by Gasteiger charge is -2.28. The molecule has 1 heterocycles. The van der Waals surface area contributed by atoms with E-state index in [0.29, 0.717) is 6.42 Å². The molecule has 1 aliphatic rings. The summed E-state index contributed by atoms with van der Waals surface area (Å²) in [5.74, 6) is 0.203. The van der Waals surface area contributed by atoms with Gasteiger partial charge >= 0.3 is 5.97 Å². The number of carboxylic acid groups (broad SMARTS) is 1. The molecule has 4 heteroatoms. The number of piperidine rings is 1. The Kier molecular flexibility index (Phi) is 7.21. The first kappa shape index (κ1) is 14.5. The minimum absolute atomic E-state index is 0.302. The van der Waals surface area contributed by atoms with E-state index in [2.05, 4.69) is 17.3 Å². The van der Waals surface area contributed by atoms with Gasteiger partial charge in [0.05, 0.1) is 0 Å². The maximum Gasteiger partial charge on any atom is 0.303 e. The number of nitrogens with one attached hydrogen (secondary N) is 1. The summed E-state index contributed by atoms with van der Waals surface area (Å²) in [5.41, 5.74) is 0. The third-order valence-electron chi connectivity index (χ3n) is 3.56. The second kappa shape index (κ2) is 8.48. The molecule has 0 amide bonds. The molecular formula is C13H26N2O2. The van der Waals surface area contributed by atoms with E-state index >= 15 is 0 Å². The van der Waals surface area contributed by atoms with Crippen molar-refractivity contribution >= 4 is 5.97 Å². The summed E-state index contributed by atoms with van der Waals surface area (Å²) in [5, 5.41) is 11.9. The number of unbranched alkanes of at least 4 members (excludes halogenated alkanes) is 1. The molecule has 2 N–H and O–H groups in total. The van der Waals surface area contributed by atoms with Crippen molar-refractivity contribution in [3.63, 3.8) is 0 Å². The third kappa shape index (κ3) is 7.34. The Morgan fingerprint density at radius 3 is 2.65 bits per heavy atom. The van der Waals surface area contributed by atoms with Gasteiger partial charge in [0.2, 0.25) is 0 Å². The predicted molar refractivity (Wildman–Crippen MR) is 69.2 cm³/mol. The minimum atomic E-state index is -0.684. The zero-order valence-corrected chi connectivity index (χ0v) is 11.0. The van der Waals surface area contributed by atoms with Crippen LogP contribution in [0.3, 0.4) is 0 Å². The number of hydrogen-bond acceptors (Lipinski definition) is 3. The monoisotopic (exact) mass is 242 g/mol. The van der Waals surface area contributed by atoms with Crippen LogP contribution in [-0.4, -0.2) is 49.2 Å². The first-order valence-corrected chi connectivity index (χ1v) is 6.79. The van der Waals surface area contributed by atoms with Gasteiger partial charge in [-0.1, -0.05) is 0 Å². The fraction of sp³-hybridized carbons (Fsp3) is 0.923. The number of hydrogen-bond donors (Lipinski definition) is 2. The lowest BCUT2D eigenvalue weighted by molar-refractivity contribution is -0.137. The average molecular weight is 242 g/mol. The van der Waals surface area contributed by atoms with Crippen LogP contribution in [0.1, 0.15) is 38.5 Å². The van der Waals surface area contributed by atoms with Crippen molar-refractivity contribution in [2.75, 3.05) is 33.2 Å². The average Bonchev–Trinajstić information content (AvgIpc) is 2.30. The van der Waals surface area contributed by atoms with Gasteiger partial charge < -0.3 is 15.3 Å². The number of nitrogens with zero attached hydrogens (tertiary/aromatic N) is 1. The topological polar surface area (TPSA) is 52.6 Å². The van der Waals surface area contributed by atoms with E-state index in [1.165, 1.54) is 32.4 Å². The van der Waals surface area contributed by atoms with Crippen molar-refractivity contribution in [3.8, 4) is 0 Å². The van der Waals surface area contributed by atoms with Gasteiger partial charge in [-0.2, -0.15) is 0 Å². The number of aliphatic carboxylic acids is 1. The molecule has 100 valence electrons. The summed E-state index contributed by atoms with van der Waals surface area (Å²) in [6, 6.07) is 0. The Labute approximate surface area is 104 Å². The standard InChI is InChI=1S/C13H26N2O2/c1-15-10-6-12(7-11-15)5-9-14-8-3-2-4-13(16)17/h12,14H,2-11H2,1H3,(H,16,17). The van der Waals surface area contributed by atoms with Crippen LogP contribution in [0.5, 0.6) is 0 Å². The molecule has 0 unspecified atom stereocenters. The first-order valence-electron chi connectivity index (χ1n) is 6.79. The van der Waals surface area contributed by atoms with Gasteiger partial charge in [-0.25, -0.2) is 0 Å². The lowest BCUT2D eigenvalue weighted by Crippen LogP contribution is -2.31. The molecule has 0 atom stereocenters. The molecule has 4 nitrogen and oxygen atoms in total. The zero-order chi connectivity index (χ0) is 12.5. The molecule has 0 radical (unpaired) electrons. The summed E-state index contributed by atoms with van der Waals surface area (Å²) < 4.78 is 0. The minimum Gasteiger partial charge on any atom is -0.481 e. The van der Waals surface area contributed by atoms with E-state index < -0.39 is 5.97 Å². The third-order valence-corrected chi connectivity index (χ3v) is 3.56. The van der Waals surface area contributed by atoms with Crippen LogP contribution in [0.4, 0.5) is 0 Å². The molecule has 0 spiro atoms. The second-order valence-electron chi connectivity index (χ2n) is 5.14. The van der Waals surface area contributed by atoms with Crippen molar-refractivity contribution in [2.45, 2.75) is 38.5 Å². The van der Waals surface area contributed by atoms with Crippen LogP contribution < -0.4 is 5.32 Å². The van der Waals surface area contributed by atoms with Gasteiger partial charge in [-0.15, -0.1) is 0 Å². The summed E-state index contributed by atoms with van der Waals surface area (Å²) in [7, 11) is 2.19. The van der Waals surface area contributed by atoms with E-state index in [0.717, 1.165) is 31.8 Å². The summed E-state index contributed by atoms with van der Waals surface area (Å²) in [6.07, 6.45) is 5.99. The molecule has 0 aromatic carbocycles. The van der Waals surface area contributed by atoms with Crippen molar-refractivity contribution in [3.05, 3.63) is 0 Å². The van der Waals surface area contributed by atoms with Crippen molar-refractivity contribution in [2.24, 2.45) is 5.92 Å². The normalized spacial score (nSPS) is 18.4. The fourth-order valence-corrected chi connectivity index (χ4v) is 2.31. The first-order chi connectivity index (χ1) is 8.18. The van der Waals surface area contributed by atoms with Crippen LogP contribution in [0, 0.1) is 5.92 Å². The molecular weight excluding hydrogens is 216 g/mol. The van der Waals surface area contributed by atoms with Gasteiger partial charge in [-0.3, -0.25) is 4.79 Å². The van der Waals surface area contributed by atoms with E-state index in [1.807, 2.05) is 0 Å². The Morgan fingerprint density at radius 1 is 1.29 bits per heavy atom. The molecule has 1 fully saturated rings. The van der Waals surface area contributed by atoms with Gasteiger partial charge in [0.1, 0.15) is 0 Å². The number of rotatable bonds is 8. The smallest absolute Gasteiger partial charge is 0.303 e. The summed E-state index contributed by atoms with van der Waals surface area (Å²) in [4.78, 5) is 12.7. The number of carboxylic acids is 1. The summed E-state index contributed by atoms with van der Waals surface area (Å²) >= 11 is 0.